The minimum atomic E-state index is 0.680. The molecule has 2 rings (SSSR count). The lowest BCUT2D eigenvalue weighted by molar-refractivity contribution is 0.601. The maximum atomic E-state index is 5.72. The minimum absolute atomic E-state index is 0.680. The van der Waals surface area contributed by atoms with Crippen LogP contribution in [0.5, 0.6) is 0 Å². The molecule has 0 N–H and O–H groups in total. The standard InChI is InChI=1S/C10H15ClN2S/c11-5-1-3-9-4-2-7-13(9)10-12-6-8-14-10/h6,8-9H,1-5,7H2. The van der Waals surface area contributed by atoms with Gasteiger partial charge >= 0.3 is 0 Å². The number of hydrogen-bond donors (Lipinski definition) is 0. The molecule has 0 spiro atoms. The van der Waals surface area contributed by atoms with Gasteiger partial charge in [0.05, 0.1) is 0 Å². The monoisotopic (exact) mass is 230 g/mol. The van der Waals surface area contributed by atoms with Gasteiger partial charge in [-0.15, -0.1) is 22.9 Å². The van der Waals surface area contributed by atoms with E-state index in [1.165, 1.54) is 30.9 Å². The first-order valence-corrected chi connectivity index (χ1v) is 6.55. The number of hydrogen-bond acceptors (Lipinski definition) is 3. The SMILES string of the molecule is ClCCCC1CCCN1c1nccs1. The molecule has 1 aromatic heterocycles. The lowest BCUT2D eigenvalue weighted by Crippen LogP contribution is -2.28. The van der Waals surface area contributed by atoms with E-state index in [9.17, 15) is 0 Å². The van der Waals surface area contributed by atoms with Crippen LogP contribution in [-0.2, 0) is 0 Å². The molecule has 1 fully saturated rings. The molecule has 1 saturated heterocycles. The van der Waals surface area contributed by atoms with Crippen molar-refractivity contribution in [3.63, 3.8) is 0 Å². The van der Waals surface area contributed by atoms with E-state index < -0.39 is 0 Å². The lowest BCUT2D eigenvalue weighted by atomic mass is 10.1. The van der Waals surface area contributed by atoms with E-state index in [2.05, 4.69) is 9.88 Å². The first kappa shape index (κ1) is 10.2. The highest BCUT2D eigenvalue weighted by atomic mass is 35.5. The first-order chi connectivity index (χ1) is 6.92. The van der Waals surface area contributed by atoms with Gasteiger partial charge in [0.2, 0.25) is 0 Å². The molecule has 2 nitrogen and oxygen atoms in total. The van der Waals surface area contributed by atoms with Crippen LogP contribution in [0.25, 0.3) is 0 Å². The molecular formula is C10H15ClN2S. The summed E-state index contributed by atoms with van der Waals surface area (Å²) in [6, 6.07) is 0.680. The number of aromatic nitrogens is 1. The second kappa shape index (κ2) is 4.99. The number of halogens is 1. The van der Waals surface area contributed by atoms with Gasteiger partial charge in [0.1, 0.15) is 0 Å². The number of nitrogens with zero attached hydrogens (tertiary/aromatic N) is 2. The van der Waals surface area contributed by atoms with Crippen molar-refractivity contribution in [1.82, 2.24) is 4.98 Å². The molecule has 14 heavy (non-hydrogen) atoms. The van der Waals surface area contributed by atoms with Crippen LogP contribution in [0.2, 0.25) is 0 Å². The summed E-state index contributed by atoms with van der Waals surface area (Å²) in [4.78, 5) is 6.81. The zero-order valence-corrected chi connectivity index (χ0v) is 9.73. The maximum absolute atomic E-state index is 5.72. The van der Waals surface area contributed by atoms with Gasteiger partial charge < -0.3 is 4.90 Å². The van der Waals surface area contributed by atoms with E-state index in [1.807, 2.05) is 11.6 Å². The fraction of sp³-hybridized carbons (Fsp3) is 0.700. The van der Waals surface area contributed by atoms with Crippen LogP contribution in [-0.4, -0.2) is 23.5 Å². The first-order valence-electron chi connectivity index (χ1n) is 5.14. The molecule has 0 amide bonds. The molecule has 0 aliphatic carbocycles. The fourth-order valence-electron chi connectivity index (χ4n) is 2.06. The Morgan fingerprint density at radius 3 is 3.29 bits per heavy atom. The van der Waals surface area contributed by atoms with Gasteiger partial charge in [-0.2, -0.15) is 0 Å². The van der Waals surface area contributed by atoms with Crippen molar-refractivity contribution < 1.29 is 0 Å². The fourth-order valence-corrected chi connectivity index (χ4v) is 2.95. The van der Waals surface area contributed by atoms with E-state index >= 15 is 0 Å². The summed E-state index contributed by atoms with van der Waals surface area (Å²) in [5, 5.41) is 3.23. The Morgan fingerprint density at radius 2 is 2.57 bits per heavy atom. The van der Waals surface area contributed by atoms with E-state index in [1.54, 1.807) is 11.3 Å². The third-order valence-corrected chi connectivity index (χ3v) is 3.79. The molecule has 0 saturated carbocycles. The van der Waals surface area contributed by atoms with Crippen molar-refractivity contribution in [2.24, 2.45) is 0 Å². The van der Waals surface area contributed by atoms with Gasteiger partial charge in [0, 0.05) is 30.0 Å². The minimum Gasteiger partial charge on any atom is -0.345 e. The van der Waals surface area contributed by atoms with E-state index in [0.29, 0.717) is 6.04 Å². The summed E-state index contributed by atoms with van der Waals surface area (Å²) >= 11 is 7.46. The normalized spacial score (nSPS) is 21.8. The molecule has 4 heteroatoms. The van der Waals surface area contributed by atoms with E-state index in [0.717, 1.165) is 12.3 Å². The molecule has 1 atom stereocenters. The van der Waals surface area contributed by atoms with Crippen LogP contribution in [0.1, 0.15) is 25.7 Å². The van der Waals surface area contributed by atoms with Crippen molar-refractivity contribution in [1.29, 1.82) is 0 Å². The van der Waals surface area contributed by atoms with Gasteiger partial charge in [-0.05, 0) is 25.7 Å². The maximum Gasteiger partial charge on any atom is 0.185 e. The Kier molecular flexibility index (Phi) is 3.65. The van der Waals surface area contributed by atoms with Crippen LogP contribution in [0.15, 0.2) is 11.6 Å². The van der Waals surface area contributed by atoms with Crippen LogP contribution >= 0.6 is 22.9 Å². The zero-order chi connectivity index (χ0) is 9.80. The van der Waals surface area contributed by atoms with Gasteiger partial charge in [0.15, 0.2) is 5.13 Å². The zero-order valence-electron chi connectivity index (χ0n) is 8.16. The van der Waals surface area contributed by atoms with Crippen LogP contribution < -0.4 is 4.90 Å². The predicted molar refractivity (Wildman–Crippen MR) is 62.4 cm³/mol. The third-order valence-electron chi connectivity index (χ3n) is 2.71. The Bertz CT molecular complexity index is 263. The highest BCUT2D eigenvalue weighted by Gasteiger charge is 2.25. The van der Waals surface area contributed by atoms with Crippen molar-refractivity contribution >= 4 is 28.1 Å². The highest BCUT2D eigenvalue weighted by Crippen LogP contribution is 2.29. The van der Waals surface area contributed by atoms with E-state index in [-0.39, 0.29) is 0 Å². The summed E-state index contributed by atoms with van der Waals surface area (Å²) in [7, 11) is 0. The average molecular weight is 231 g/mol. The number of anilines is 1. The van der Waals surface area contributed by atoms with Gasteiger partial charge in [-0.1, -0.05) is 0 Å². The van der Waals surface area contributed by atoms with Crippen LogP contribution in [0, 0.1) is 0 Å². The van der Waals surface area contributed by atoms with Crippen LogP contribution in [0.4, 0.5) is 5.13 Å². The molecule has 1 unspecified atom stereocenters. The second-order valence-corrected chi connectivity index (χ2v) is 4.89. The highest BCUT2D eigenvalue weighted by molar-refractivity contribution is 7.13. The second-order valence-electron chi connectivity index (χ2n) is 3.64. The summed E-state index contributed by atoms with van der Waals surface area (Å²) in [6.45, 7) is 1.17. The molecule has 0 bridgehead atoms. The molecule has 78 valence electrons. The van der Waals surface area contributed by atoms with Crippen LogP contribution in [0.3, 0.4) is 0 Å². The number of alkyl halides is 1. The van der Waals surface area contributed by atoms with Crippen molar-refractivity contribution in [2.45, 2.75) is 31.7 Å². The molecule has 0 aromatic carbocycles. The average Bonchev–Trinajstić information content (AvgIpc) is 2.84. The number of thiazole rings is 1. The predicted octanol–water partition coefficient (Wildman–Crippen LogP) is 3.13. The number of rotatable bonds is 4. The molecular weight excluding hydrogens is 216 g/mol. The Labute approximate surface area is 93.9 Å². The molecule has 1 aliphatic rings. The van der Waals surface area contributed by atoms with Crippen molar-refractivity contribution in [2.75, 3.05) is 17.3 Å². The van der Waals surface area contributed by atoms with Crippen molar-refractivity contribution in [3.8, 4) is 0 Å². The summed E-state index contributed by atoms with van der Waals surface area (Å²) in [5.41, 5.74) is 0. The summed E-state index contributed by atoms with van der Waals surface area (Å²) < 4.78 is 0. The molecule has 2 heterocycles. The third kappa shape index (κ3) is 2.20. The topological polar surface area (TPSA) is 16.1 Å². The smallest absolute Gasteiger partial charge is 0.185 e. The Morgan fingerprint density at radius 1 is 1.64 bits per heavy atom. The lowest BCUT2D eigenvalue weighted by Gasteiger charge is -2.23. The van der Waals surface area contributed by atoms with Gasteiger partial charge in [-0.3, -0.25) is 0 Å². The summed E-state index contributed by atoms with van der Waals surface area (Å²) in [6.07, 6.45) is 6.82. The largest absolute Gasteiger partial charge is 0.345 e. The Hall–Kier alpha value is -0.280. The molecule has 1 aromatic rings. The quantitative estimate of drug-likeness (QED) is 0.739. The van der Waals surface area contributed by atoms with E-state index in [4.69, 9.17) is 11.6 Å². The van der Waals surface area contributed by atoms with Gasteiger partial charge in [0.25, 0.3) is 0 Å². The molecule has 0 radical (unpaired) electrons. The Balaban J connectivity index is 1.97. The summed E-state index contributed by atoms with van der Waals surface area (Å²) in [5.74, 6) is 0.780. The van der Waals surface area contributed by atoms with Crippen molar-refractivity contribution in [3.05, 3.63) is 11.6 Å². The molecule has 1 aliphatic heterocycles. The van der Waals surface area contributed by atoms with Gasteiger partial charge in [-0.25, -0.2) is 4.98 Å².